The largest absolute Gasteiger partial charge is 0.489 e. The van der Waals surface area contributed by atoms with Crippen molar-refractivity contribution in [2.45, 2.75) is 0 Å². The number of benzene rings is 6. The summed E-state index contributed by atoms with van der Waals surface area (Å²) >= 11 is 14.9. The van der Waals surface area contributed by atoms with Crippen LogP contribution in [0.4, 0.5) is 11.4 Å². The molecule has 0 aliphatic carbocycles. The second-order valence-corrected chi connectivity index (χ2v) is 10.6. The van der Waals surface area contributed by atoms with Gasteiger partial charge in [-0.3, -0.25) is 0 Å². The number of nitrogen functional groups attached to an aromatic ring is 2. The Hall–Kier alpha value is -3.52. The summed E-state index contributed by atoms with van der Waals surface area (Å²) in [5.41, 5.74) is 15.6. The highest BCUT2D eigenvalue weighted by molar-refractivity contribution is 9.10. The second kappa shape index (κ2) is 13.7. The van der Waals surface area contributed by atoms with Crippen LogP contribution in [0.3, 0.4) is 0 Å². The van der Waals surface area contributed by atoms with Crippen molar-refractivity contribution in [3.63, 3.8) is 0 Å². The molecule has 0 bridgehead atoms. The minimum Gasteiger partial charge on any atom is -0.423 e. The minimum atomic E-state index is -1.40. The van der Waals surface area contributed by atoms with Crippen molar-refractivity contribution in [1.82, 2.24) is 0 Å². The Morgan fingerprint density at radius 3 is 1.70 bits per heavy atom. The average Bonchev–Trinajstić information content (AvgIpc) is 2.96. The summed E-state index contributed by atoms with van der Waals surface area (Å²) in [5, 5.41) is 23.8. The summed E-state index contributed by atoms with van der Waals surface area (Å²) in [7, 11) is -1.40. The van der Waals surface area contributed by atoms with Crippen LogP contribution in [0.1, 0.15) is 0 Å². The highest BCUT2D eigenvalue weighted by Crippen LogP contribution is 2.34. The fourth-order valence-electron chi connectivity index (χ4n) is 4.20. The van der Waals surface area contributed by atoms with E-state index in [4.69, 9.17) is 44.7 Å². The Balaban J connectivity index is 0.000000148. The van der Waals surface area contributed by atoms with Gasteiger partial charge in [0, 0.05) is 31.5 Å². The van der Waals surface area contributed by atoms with Crippen molar-refractivity contribution in [1.29, 1.82) is 0 Å². The van der Waals surface area contributed by atoms with E-state index < -0.39 is 7.12 Å². The Labute approximate surface area is 252 Å². The monoisotopic (exact) mass is 630 g/mol. The SMILES string of the molecule is Nc1ccc(Cl)cc1-c1cccc2ccccc12.Nc1ccc(Cl)cc1Br.OB(O)c1cccc2ccccc12. The number of nitrogens with two attached hydrogens (primary N) is 2. The molecule has 200 valence electrons. The fourth-order valence-corrected chi connectivity index (χ4v) is 5.05. The first-order valence-electron chi connectivity index (χ1n) is 12.3. The molecule has 0 spiro atoms. The van der Waals surface area contributed by atoms with Gasteiger partial charge in [0.1, 0.15) is 0 Å². The number of hydrogen-bond acceptors (Lipinski definition) is 4. The van der Waals surface area contributed by atoms with Crippen LogP contribution in [-0.2, 0) is 0 Å². The zero-order chi connectivity index (χ0) is 28.6. The third-order valence-corrected chi connectivity index (χ3v) is 7.32. The predicted octanol–water partition coefficient (Wildman–Crippen LogP) is 7.95. The molecule has 0 atom stereocenters. The van der Waals surface area contributed by atoms with Crippen LogP contribution in [0.15, 0.2) is 126 Å². The molecule has 0 unspecified atom stereocenters. The Bertz CT molecular complexity index is 1750. The summed E-state index contributed by atoms with van der Waals surface area (Å²) in [6, 6.07) is 38.4. The van der Waals surface area contributed by atoms with Crippen LogP contribution in [0.5, 0.6) is 0 Å². The van der Waals surface area contributed by atoms with Crippen molar-refractivity contribution < 1.29 is 10.0 Å². The zero-order valence-corrected chi connectivity index (χ0v) is 24.4. The first-order chi connectivity index (χ1) is 19.2. The third-order valence-electron chi connectivity index (χ3n) is 6.16. The van der Waals surface area contributed by atoms with Gasteiger partial charge in [-0.1, -0.05) is 108 Å². The van der Waals surface area contributed by atoms with Gasteiger partial charge in [-0.2, -0.15) is 0 Å². The lowest BCUT2D eigenvalue weighted by atomic mass is 9.77. The van der Waals surface area contributed by atoms with E-state index >= 15 is 0 Å². The van der Waals surface area contributed by atoms with Crippen LogP contribution in [0, 0.1) is 0 Å². The number of hydrogen-bond donors (Lipinski definition) is 4. The van der Waals surface area contributed by atoms with E-state index in [9.17, 15) is 0 Å². The number of anilines is 2. The van der Waals surface area contributed by atoms with Crippen molar-refractivity contribution in [3.8, 4) is 11.1 Å². The van der Waals surface area contributed by atoms with Gasteiger partial charge >= 0.3 is 7.12 Å². The van der Waals surface area contributed by atoms with Crippen molar-refractivity contribution >= 4 is 84.6 Å². The average molecular weight is 632 g/mol. The van der Waals surface area contributed by atoms with Gasteiger partial charge in [0.05, 0.1) is 0 Å². The van der Waals surface area contributed by atoms with E-state index in [2.05, 4.69) is 40.2 Å². The second-order valence-electron chi connectivity index (χ2n) is 8.87. The summed E-state index contributed by atoms with van der Waals surface area (Å²) in [4.78, 5) is 0. The topological polar surface area (TPSA) is 92.5 Å². The normalized spacial score (nSPS) is 10.3. The molecule has 40 heavy (non-hydrogen) atoms. The lowest BCUT2D eigenvalue weighted by Gasteiger charge is -2.10. The fraction of sp³-hybridized carbons (Fsp3) is 0. The molecule has 0 aromatic heterocycles. The van der Waals surface area contributed by atoms with Gasteiger partial charge < -0.3 is 21.5 Å². The first-order valence-corrected chi connectivity index (χ1v) is 13.9. The van der Waals surface area contributed by atoms with Crippen molar-refractivity contribution in [3.05, 3.63) is 136 Å². The maximum atomic E-state index is 9.08. The summed E-state index contributed by atoms with van der Waals surface area (Å²) in [5.74, 6) is 0. The molecule has 0 aliphatic heterocycles. The minimum absolute atomic E-state index is 0.554. The van der Waals surface area contributed by atoms with Gasteiger partial charge in [-0.25, -0.2) is 0 Å². The quantitative estimate of drug-likeness (QED) is 0.115. The van der Waals surface area contributed by atoms with Gasteiger partial charge in [-0.15, -0.1) is 0 Å². The van der Waals surface area contributed by atoms with E-state index in [1.807, 2.05) is 72.8 Å². The van der Waals surface area contributed by atoms with Crippen LogP contribution >= 0.6 is 39.1 Å². The molecule has 6 aromatic carbocycles. The summed E-state index contributed by atoms with van der Waals surface area (Å²) in [6.07, 6.45) is 0. The van der Waals surface area contributed by atoms with Crippen LogP contribution < -0.4 is 16.9 Å². The lowest BCUT2D eigenvalue weighted by molar-refractivity contribution is 0.426. The summed E-state index contributed by atoms with van der Waals surface area (Å²) in [6.45, 7) is 0. The highest BCUT2D eigenvalue weighted by atomic mass is 79.9. The smallest absolute Gasteiger partial charge is 0.423 e. The molecule has 0 radical (unpaired) electrons. The van der Waals surface area contributed by atoms with Gasteiger partial charge in [0.15, 0.2) is 0 Å². The predicted molar refractivity (Wildman–Crippen MR) is 176 cm³/mol. The molecule has 6 aromatic rings. The number of rotatable bonds is 2. The molecule has 0 aliphatic rings. The molecule has 4 nitrogen and oxygen atoms in total. The lowest BCUT2D eigenvalue weighted by Crippen LogP contribution is -2.30. The maximum Gasteiger partial charge on any atom is 0.489 e. The standard InChI is InChI=1S/C16H12ClN.C10H9BO2.C6H5BrClN/c17-12-8-9-16(18)15(10-12)14-7-3-5-11-4-1-2-6-13(11)14;12-11(13)10-7-3-5-8-4-1-2-6-9(8)10;7-5-3-4(8)1-2-6(5)9/h1-10H,18H2;1-7,12-13H;1-3H,9H2. The molecular weight excluding hydrogens is 606 g/mol. The first kappa shape index (κ1) is 29.5. The maximum absolute atomic E-state index is 9.08. The van der Waals surface area contributed by atoms with Gasteiger partial charge in [0.25, 0.3) is 0 Å². The van der Waals surface area contributed by atoms with E-state index in [1.54, 1.807) is 24.3 Å². The molecule has 6 N–H and O–H groups in total. The van der Waals surface area contributed by atoms with E-state index in [1.165, 1.54) is 10.8 Å². The molecular formula is C32H26BBrCl2N2O2. The molecule has 6 rings (SSSR count). The van der Waals surface area contributed by atoms with Crippen molar-refractivity contribution in [2.24, 2.45) is 0 Å². The Morgan fingerprint density at radius 1 is 0.550 bits per heavy atom. The van der Waals surface area contributed by atoms with E-state index in [0.29, 0.717) is 21.2 Å². The molecule has 0 heterocycles. The molecule has 0 saturated heterocycles. The summed E-state index contributed by atoms with van der Waals surface area (Å²) < 4.78 is 0.843. The molecule has 0 saturated carbocycles. The van der Waals surface area contributed by atoms with Gasteiger partial charge in [-0.05, 0) is 84.9 Å². The molecule has 0 fully saturated rings. The van der Waals surface area contributed by atoms with Crippen LogP contribution in [0.25, 0.3) is 32.7 Å². The van der Waals surface area contributed by atoms with Crippen molar-refractivity contribution in [2.75, 3.05) is 11.5 Å². The molecule has 8 heteroatoms. The van der Waals surface area contributed by atoms with E-state index in [0.717, 1.165) is 32.1 Å². The van der Waals surface area contributed by atoms with Gasteiger partial charge in [0.2, 0.25) is 0 Å². The molecule has 0 amide bonds. The number of fused-ring (bicyclic) bond motifs is 2. The third kappa shape index (κ3) is 7.36. The van der Waals surface area contributed by atoms with Crippen LogP contribution in [-0.4, -0.2) is 17.2 Å². The highest BCUT2D eigenvalue weighted by Gasteiger charge is 2.13. The Kier molecular flexibility index (Phi) is 10.1. The zero-order valence-electron chi connectivity index (χ0n) is 21.3. The Morgan fingerprint density at radius 2 is 1.07 bits per heavy atom. The van der Waals surface area contributed by atoms with E-state index in [-0.39, 0.29) is 0 Å². The number of halogens is 3. The van der Waals surface area contributed by atoms with Crippen LogP contribution in [0.2, 0.25) is 10.0 Å².